The average Bonchev–Trinajstić information content (AvgIpc) is 2.77. The summed E-state index contributed by atoms with van der Waals surface area (Å²) < 4.78 is 0. The zero-order valence-corrected chi connectivity index (χ0v) is 17.0. The molecule has 0 unspecified atom stereocenters. The fourth-order valence-corrected chi connectivity index (χ4v) is 3.91. The van der Waals surface area contributed by atoms with Crippen LogP contribution in [0, 0.1) is 22.0 Å². The van der Waals surface area contributed by atoms with Crippen LogP contribution >= 0.6 is 0 Å². The number of nitro groups is 1. The summed E-state index contributed by atoms with van der Waals surface area (Å²) in [5, 5.41) is 17.2. The SMILES string of the molecule is NC1CCC(CNc2nc(NCC(=O)N3CCC(C=O)CC3)ncc2[N+](=O)[O-])CC1. The minimum Gasteiger partial charge on any atom is -0.364 e. The second kappa shape index (κ2) is 10.3. The Labute approximate surface area is 175 Å². The molecule has 1 aromatic heterocycles. The molecule has 1 amide bonds. The Bertz CT molecular complexity index is 759. The highest BCUT2D eigenvalue weighted by molar-refractivity contribution is 5.80. The van der Waals surface area contributed by atoms with Crippen molar-refractivity contribution in [3.8, 4) is 0 Å². The zero-order valence-electron chi connectivity index (χ0n) is 17.0. The van der Waals surface area contributed by atoms with Gasteiger partial charge < -0.3 is 26.1 Å². The Hall–Kier alpha value is -2.82. The molecule has 0 radical (unpaired) electrons. The van der Waals surface area contributed by atoms with Crippen molar-refractivity contribution in [2.24, 2.45) is 17.6 Å². The van der Waals surface area contributed by atoms with Crippen LogP contribution in [-0.4, -0.2) is 64.2 Å². The van der Waals surface area contributed by atoms with Gasteiger partial charge in [0.05, 0.1) is 11.5 Å². The van der Waals surface area contributed by atoms with Gasteiger partial charge in [0.15, 0.2) is 0 Å². The number of piperidine rings is 1. The lowest BCUT2D eigenvalue weighted by Crippen LogP contribution is -2.41. The standard InChI is InChI=1S/C19H29N7O4/c20-15-3-1-13(2-4-15)9-21-18-16(26(29)30)10-22-19(24-18)23-11-17(28)25-7-5-14(12-27)6-8-25/h10,12-15H,1-9,11,20H2,(H2,21,22,23,24). The van der Waals surface area contributed by atoms with Gasteiger partial charge in [-0.1, -0.05) is 0 Å². The summed E-state index contributed by atoms with van der Waals surface area (Å²) in [5.41, 5.74) is 5.73. The van der Waals surface area contributed by atoms with Crippen LogP contribution in [0.4, 0.5) is 17.5 Å². The van der Waals surface area contributed by atoms with Gasteiger partial charge in [-0.2, -0.15) is 4.98 Å². The minimum atomic E-state index is -0.523. The molecule has 1 saturated heterocycles. The number of rotatable bonds is 8. The van der Waals surface area contributed by atoms with Crippen LogP contribution in [0.2, 0.25) is 0 Å². The Balaban J connectivity index is 1.56. The first kappa shape index (κ1) is 21.9. The first-order valence-electron chi connectivity index (χ1n) is 10.4. The lowest BCUT2D eigenvalue weighted by atomic mass is 9.86. The molecule has 11 heteroatoms. The highest BCUT2D eigenvalue weighted by Crippen LogP contribution is 2.26. The molecular weight excluding hydrogens is 390 g/mol. The number of aldehydes is 1. The summed E-state index contributed by atoms with van der Waals surface area (Å²) >= 11 is 0. The highest BCUT2D eigenvalue weighted by Gasteiger charge is 2.24. The van der Waals surface area contributed by atoms with Gasteiger partial charge in [-0.15, -0.1) is 0 Å². The van der Waals surface area contributed by atoms with Crippen LogP contribution in [0.3, 0.4) is 0 Å². The monoisotopic (exact) mass is 419 g/mol. The summed E-state index contributed by atoms with van der Waals surface area (Å²) in [6.45, 7) is 1.66. The van der Waals surface area contributed by atoms with Crippen LogP contribution in [0.1, 0.15) is 38.5 Å². The van der Waals surface area contributed by atoms with Gasteiger partial charge in [0.1, 0.15) is 12.5 Å². The molecule has 4 N–H and O–H groups in total. The quantitative estimate of drug-likeness (QED) is 0.319. The van der Waals surface area contributed by atoms with Gasteiger partial charge in [0.25, 0.3) is 0 Å². The minimum absolute atomic E-state index is 0.0104. The summed E-state index contributed by atoms with van der Waals surface area (Å²) in [4.78, 5) is 43.9. The van der Waals surface area contributed by atoms with Crippen LogP contribution < -0.4 is 16.4 Å². The maximum Gasteiger partial charge on any atom is 0.329 e. The molecule has 1 aliphatic carbocycles. The van der Waals surface area contributed by atoms with E-state index in [-0.39, 0.29) is 41.9 Å². The van der Waals surface area contributed by atoms with Gasteiger partial charge in [-0.3, -0.25) is 14.9 Å². The van der Waals surface area contributed by atoms with Gasteiger partial charge in [-0.05, 0) is 44.4 Å². The molecule has 0 spiro atoms. The number of carbonyl (C=O) groups is 2. The maximum atomic E-state index is 12.4. The molecule has 1 aromatic rings. The average molecular weight is 419 g/mol. The highest BCUT2D eigenvalue weighted by atomic mass is 16.6. The third-order valence-corrected chi connectivity index (χ3v) is 5.90. The Morgan fingerprint density at radius 3 is 2.57 bits per heavy atom. The largest absolute Gasteiger partial charge is 0.364 e. The molecule has 2 aliphatic rings. The number of hydrogen-bond acceptors (Lipinski definition) is 9. The molecule has 2 fully saturated rings. The van der Waals surface area contributed by atoms with Crippen LogP contribution in [0.25, 0.3) is 0 Å². The Morgan fingerprint density at radius 1 is 1.23 bits per heavy atom. The van der Waals surface area contributed by atoms with Crippen molar-refractivity contribution in [3.05, 3.63) is 16.3 Å². The predicted octanol–water partition coefficient (Wildman–Crippen LogP) is 1.16. The summed E-state index contributed by atoms with van der Waals surface area (Å²) in [6.07, 6.45) is 7.30. The van der Waals surface area contributed by atoms with E-state index >= 15 is 0 Å². The number of hydrogen-bond donors (Lipinski definition) is 3. The Morgan fingerprint density at radius 2 is 1.93 bits per heavy atom. The molecule has 2 heterocycles. The molecule has 1 aliphatic heterocycles. The van der Waals surface area contributed by atoms with Crippen molar-refractivity contribution >= 4 is 29.6 Å². The smallest absolute Gasteiger partial charge is 0.329 e. The van der Waals surface area contributed by atoms with E-state index in [0.717, 1.165) is 38.2 Å². The molecule has 30 heavy (non-hydrogen) atoms. The van der Waals surface area contributed by atoms with Gasteiger partial charge in [0, 0.05) is 31.6 Å². The van der Waals surface area contributed by atoms with Gasteiger partial charge in [0.2, 0.25) is 17.7 Å². The lowest BCUT2D eigenvalue weighted by molar-refractivity contribution is -0.384. The van der Waals surface area contributed by atoms with Crippen molar-refractivity contribution in [1.29, 1.82) is 0 Å². The number of anilines is 2. The molecule has 164 valence electrons. The zero-order chi connectivity index (χ0) is 21.5. The van der Waals surface area contributed by atoms with Crippen molar-refractivity contribution in [2.75, 3.05) is 36.8 Å². The van der Waals surface area contributed by atoms with Crippen LogP contribution in [0.15, 0.2) is 6.20 Å². The predicted molar refractivity (Wildman–Crippen MR) is 111 cm³/mol. The molecule has 0 atom stereocenters. The molecule has 0 bridgehead atoms. The number of carbonyl (C=O) groups excluding carboxylic acids is 2. The van der Waals surface area contributed by atoms with Gasteiger partial charge in [-0.25, -0.2) is 4.98 Å². The third-order valence-electron chi connectivity index (χ3n) is 5.90. The summed E-state index contributed by atoms with van der Waals surface area (Å²) in [7, 11) is 0. The first-order valence-corrected chi connectivity index (χ1v) is 10.4. The first-order chi connectivity index (χ1) is 14.5. The molecule has 11 nitrogen and oxygen atoms in total. The van der Waals surface area contributed by atoms with E-state index in [1.165, 1.54) is 0 Å². The molecular formula is C19H29N7O4. The number of likely N-dealkylation sites (tertiary alicyclic amines) is 1. The summed E-state index contributed by atoms with van der Waals surface area (Å²) in [6, 6.07) is 0.243. The maximum absolute atomic E-state index is 12.4. The van der Waals surface area contributed by atoms with E-state index in [9.17, 15) is 19.7 Å². The number of amides is 1. The van der Waals surface area contributed by atoms with E-state index in [4.69, 9.17) is 5.73 Å². The van der Waals surface area contributed by atoms with Crippen molar-refractivity contribution < 1.29 is 14.5 Å². The fraction of sp³-hybridized carbons (Fsp3) is 0.684. The van der Waals surface area contributed by atoms with Crippen molar-refractivity contribution in [3.63, 3.8) is 0 Å². The van der Waals surface area contributed by atoms with Crippen molar-refractivity contribution in [1.82, 2.24) is 14.9 Å². The Kier molecular flexibility index (Phi) is 7.50. The number of nitrogens with zero attached hydrogens (tertiary/aromatic N) is 4. The fourth-order valence-electron chi connectivity index (χ4n) is 3.91. The number of nitrogens with two attached hydrogens (primary N) is 1. The van der Waals surface area contributed by atoms with E-state index < -0.39 is 4.92 Å². The normalized spacial score (nSPS) is 22.4. The topological polar surface area (TPSA) is 156 Å². The summed E-state index contributed by atoms with van der Waals surface area (Å²) in [5.74, 6) is 0.603. The molecule has 3 rings (SSSR count). The van der Waals surface area contributed by atoms with Crippen LogP contribution in [0.5, 0.6) is 0 Å². The lowest BCUT2D eigenvalue weighted by Gasteiger charge is -2.29. The van der Waals surface area contributed by atoms with Gasteiger partial charge >= 0.3 is 5.69 Å². The molecule has 0 aromatic carbocycles. The van der Waals surface area contributed by atoms with E-state index in [1.807, 2.05) is 0 Å². The van der Waals surface area contributed by atoms with E-state index in [0.29, 0.717) is 38.4 Å². The second-order valence-electron chi connectivity index (χ2n) is 8.05. The van der Waals surface area contributed by atoms with E-state index in [2.05, 4.69) is 20.6 Å². The number of nitrogens with one attached hydrogen (secondary N) is 2. The molecule has 1 saturated carbocycles. The van der Waals surface area contributed by atoms with E-state index in [1.54, 1.807) is 4.90 Å². The van der Waals surface area contributed by atoms with Crippen molar-refractivity contribution in [2.45, 2.75) is 44.6 Å². The third kappa shape index (κ3) is 5.85. The second-order valence-corrected chi connectivity index (χ2v) is 8.05. The van der Waals surface area contributed by atoms with Crippen LogP contribution in [-0.2, 0) is 9.59 Å². The number of aromatic nitrogens is 2.